The number of carbonyl (C=O) groups is 1. The normalized spacial score (nSPS) is 11.4. The zero-order valence-corrected chi connectivity index (χ0v) is 19.6. The average molecular weight is 527 g/mol. The molecule has 0 aromatic heterocycles. The number of hydrazone groups is 1. The van der Waals surface area contributed by atoms with E-state index >= 15 is 0 Å². The van der Waals surface area contributed by atoms with Crippen LogP contribution in [0.1, 0.15) is 21.5 Å². The third-order valence-electron chi connectivity index (χ3n) is 4.41. The Kier molecular flexibility index (Phi) is 8.36. The van der Waals surface area contributed by atoms with Crippen molar-refractivity contribution >= 4 is 36.4 Å². The molecule has 7 nitrogen and oxygen atoms in total. The molecule has 2 N–H and O–H groups in total. The van der Waals surface area contributed by atoms with Crippen LogP contribution < -0.4 is 19.6 Å². The summed E-state index contributed by atoms with van der Waals surface area (Å²) in [5, 5.41) is 13.4. The number of rotatable bonds is 8. The molecule has 0 saturated carbocycles. The summed E-state index contributed by atoms with van der Waals surface area (Å²) in [6, 6.07) is 12.5. The Morgan fingerprint density at radius 1 is 1.17 bits per heavy atom. The van der Waals surface area contributed by atoms with Crippen LogP contribution >= 0.6 is 24.2 Å². The van der Waals surface area contributed by atoms with Gasteiger partial charge in [0.2, 0.25) is 0 Å². The van der Waals surface area contributed by atoms with Gasteiger partial charge in [-0.3, -0.25) is 4.79 Å². The molecule has 3 rings (SSSR count). The van der Waals surface area contributed by atoms with Gasteiger partial charge in [-0.15, -0.1) is 25.8 Å². The topological polar surface area (TPSA) is 89.4 Å². The Labute approximate surface area is 208 Å². The minimum absolute atomic E-state index is 0.0345. The molecule has 0 fully saturated rings. The summed E-state index contributed by atoms with van der Waals surface area (Å²) < 4.78 is 51.8. The third-order valence-corrected chi connectivity index (χ3v) is 5.04. The van der Waals surface area contributed by atoms with Crippen LogP contribution in [0.5, 0.6) is 23.0 Å². The van der Waals surface area contributed by atoms with E-state index in [1.165, 1.54) is 55.8 Å². The Hall–Kier alpha value is -3.57. The van der Waals surface area contributed by atoms with Crippen molar-refractivity contribution < 1.29 is 37.3 Å². The van der Waals surface area contributed by atoms with Crippen LogP contribution in [-0.4, -0.2) is 30.7 Å². The Bertz CT molecular complexity index is 1240. The number of carbonyl (C=O) groups excluding carboxylic acids is 1. The van der Waals surface area contributed by atoms with Gasteiger partial charge in [0, 0.05) is 5.56 Å². The van der Waals surface area contributed by atoms with E-state index in [4.69, 9.17) is 21.1 Å². The van der Waals surface area contributed by atoms with E-state index in [9.17, 15) is 23.1 Å². The molecule has 0 atom stereocenters. The second-order valence-corrected chi connectivity index (χ2v) is 7.81. The molecule has 1 amide bonds. The van der Waals surface area contributed by atoms with Crippen LogP contribution in [0.25, 0.3) is 0 Å². The number of thiol groups is 1. The molecule has 3 aromatic carbocycles. The molecular formula is C23H18ClF3N2O5S. The number of hydrogen-bond acceptors (Lipinski definition) is 7. The summed E-state index contributed by atoms with van der Waals surface area (Å²) >= 11 is 10.2. The highest BCUT2D eigenvalue weighted by molar-refractivity contribution is 7.80. The average Bonchev–Trinajstić information content (AvgIpc) is 2.79. The van der Waals surface area contributed by atoms with Crippen LogP contribution in [0.15, 0.2) is 64.6 Å². The third kappa shape index (κ3) is 7.46. The SMILES string of the molecule is COc1cc(/C=N/NC(=O)c2ccc(O)c(Cl)c2)cc(S)c1OCc1ccc(OC(F)(F)F)cc1. The van der Waals surface area contributed by atoms with Gasteiger partial charge in [0.1, 0.15) is 18.1 Å². The number of phenols is 1. The van der Waals surface area contributed by atoms with Gasteiger partial charge in [0.25, 0.3) is 5.91 Å². The standard InChI is InChI=1S/C23H18ClF3N2O5S/c1-32-19-8-14(11-28-29-22(31)15-4-7-18(30)17(24)10-15)9-20(35)21(19)33-12-13-2-5-16(6-3-13)34-23(25,26)27/h2-11,30,35H,12H2,1H3,(H,29,31)/b28-11+. The largest absolute Gasteiger partial charge is 0.573 e. The van der Waals surface area contributed by atoms with Crippen molar-refractivity contribution in [2.45, 2.75) is 17.9 Å². The smallest absolute Gasteiger partial charge is 0.506 e. The number of alkyl halides is 3. The Morgan fingerprint density at radius 3 is 2.51 bits per heavy atom. The van der Waals surface area contributed by atoms with Crippen LogP contribution in [-0.2, 0) is 6.61 Å². The fourth-order valence-corrected chi connectivity index (χ4v) is 3.30. The number of hydrogen-bond donors (Lipinski definition) is 3. The maximum atomic E-state index is 12.3. The fourth-order valence-electron chi connectivity index (χ4n) is 2.80. The van der Waals surface area contributed by atoms with Gasteiger partial charge in [-0.05, 0) is 53.6 Å². The van der Waals surface area contributed by atoms with E-state index in [0.29, 0.717) is 27.5 Å². The number of benzene rings is 3. The predicted molar refractivity (Wildman–Crippen MR) is 126 cm³/mol. The van der Waals surface area contributed by atoms with Gasteiger partial charge in [0.15, 0.2) is 11.5 Å². The van der Waals surface area contributed by atoms with Gasteiger partial charge < -0.3 is 19.3 Å². The second kappa shape index (κ2) is 11.2. The lowest BCUT2D eigenvalue weighted by Gasteiger charge is -2.14. The number of ether oxygens (including phenoxy) is 3. The number of nitrogens with one attached hydrogen (secondary N) is 1. The van der Waals surface area contributed by atoms with Gasteiger partial charge in [-0.25, -0.2) is 5.43 Å². The molecule has 0 aliphatic heterocycles. The van der Waals surface area contributed by atoms with E-state index in [1.807, 2.05) is 0 Å². The van der Waals surface area contributed by atoms with Gasteiger partial charge in [0.05, 0.1) is 23.2 Å². The minimum atomic E-state index is -4.76. The molecule has 0 saturated heterocycles. The van der Waals surface area contributed by atoms with E-state index in [-0.39, 0.29) is 28.7 Å². The molecule has 0 aliphatic carbocycles. The fraction of sp³-hybridized carbons (Fsp3) is 0.130. The highest BCUT2D eigenvalue weighted by atomic mass is 35.5. The van der Waals surface area contributed by atoms with Gasteiger partial charge in [-0.1, -0.05) is 23.7 Å². The van der Waals surface area contributed by atoms with Crippen LogP contribution in [0.4, 0.5) is 13.2 Å². The molecule has 184 valence electrons. The lowest BCUT2D eigenvalue weighted by molar-refractivity contribution is -0.274. The highest BCUT2D eigenvalue weighted by Crippen LogP contribution is 2.35. The summed E-state index contributed by atoms with van der Waals surface area (Å²) in [5.41, 5.74) is 3.68. The number of aromatic hydroxyl groups is 1. The molecule has 0 radical (unpaired) electrons. The first-order valence-electron chi connectivity index (χ1n) is 9.76. The first kappa shape index (κ1) is 26.0. The van der Waals surface area contributed by atoms with Crippen molar-refractivity contribution in [2.75, 3.05) is 7.11 Å². The molecule has 0 bridgehead atoms. The molecule has 0 spiro atoms. The highest BCUT2D eigenvalue weighted by Gasteiger charge is 2.30. The Balaban J connectivity index is 1.65. The van der Waals surface area contributed by atoms with Crippen LogP contribution in [0.2, 0.25) is 5.02 Å². The zero-order valence-electron chi connectivity index (χ0n) is 18.0. The summed E-state index contributed by atoms with van der Waals surface area (Å²) in [7, 11) is 1.43. The molecule has 3 aromatic rings. The van der Waals surface area contributed by atoms with E-state index in [1.54, 1.807) is 12.1 Å². The van der Waals surface area contributed by atoms with E-state index in [2.05, 4.69) is 27.9 Å². The van der Waals surface area contributed by atoms with E-state index < -0.39 is 12.3 Å². The van der Waals surface area contributed by atoms with Crippen molar-refractivity contribution in [3.8, 4) is 23.0 Å². The monoisotopic (exact) mass is 526 g/mol. The summed E-state index contributed by atoms with van der Waals surface area (Å²) in [4.78, 5) is 12.6. The number of methoxy groups -OCH3 is 1. The Morgan fingerprint density at radius 2 is 1.89 bits per heavy atom. The molecule has 0 aliphatic rings. The van der Waals surface area contributed by atoms with Crippen molar-refractivity contribution in [3.63, 3.8) is 0 Å². The van der Waals surface area contributed by atoms with Gasteiger partial charge in [-0.2, -0.15) is 5.10 Å². The summed E-state index contributed by atoms with van der Waals surface area (Å²) in [5.74, 6) is -0.375. The predicted octanol–water partition coefficient (Wildman–Crippen LogP) is 5.58. The van der Waals surface area contributed by atoms with Crippen molar-refractivity contribution in [3.05, 3.63) is 76.3 Å². The quantitative estimate of drug-likeness (QED) is 0.202. The zero-order chi connectivity index (χ0) is 25.6. The molecule has 0 unspecified atom stereocenters. The minimum Gasteiger partial charge on any atom is -0.506 e. The number of phenolic OH excluding ortho intramolecular Hbond substituents is 1. The number of amides is 1. The number of halogens is 4. The second-order valence-electron chi connectivity index (χ2n) is 6.92. The maximum Gasteiger partial charge on any atom is 0.573 e. The lowest BCUT2D eigenvalue weighted by Crippen LogP contribution is -2.17. The molecule has 12 heteroatoms. The van der Waals surface area contributed by atoms with Crippen LogP contribution in [0, 0.1) is 0 Å². The van der Waals surface area contributed by atoms with Crippen molar-refractivity contribution in [2.24, 2.45) is 5.10 Å². The van der Waals surface area contributed by atoms with Crippen LogP contribution in [0.3, 0.4) is 0 Å². The first-order chi connectivity index (χ1) is 16.6. The first-order valence-corrected chi connectivity index (χ1v) is 10.6. The number of nitrogens with zero attached hydrogens (tertiary/aromatic N) is 1. The van der Waals surface area contributed by atoms with Crippen molar-refractivity contribution in [1.82, 2.24) is 5.43 Å². The lowest BCUT2D eigenvalue weighted by atomic mass is 10.2. The maximum absolute atomic E-state index is 12.3. The summed E-state index contributed by atoms with van der Waals surface area (Å²) in [6.07, 6.45) is -3.40. The summed E-state index contributed by atoms with van der Waals surface area (Å²) in [6.45, 7) is 0.0366. The molecular weight excluding hydrogens is 509 g/mol. The molecule has 35 heavy (non-hydrogen) atoms. The molecule has 0 heterocycles. The van der Waals surface area contributed by atoms with E-state index in [0.717, 1.165) is 0 Å². The van der Waals surface area contributed by atoms with Gasteiger partial charge >= 0.3 is 6.36 Å². The van der Waals surface area contributed by atoms with Crippen molar-refractivity contribution in [1.29, 1.82) is 0 Å².